The Kier molecular flexibility index (Phi) is 13.7. The fraction of sp³-hybridized carbons (Fsp3) is 1.00. The maximum Gasteiger partial charge on any atom is 1.00 e. The average Bonchev–Trinajstić information content (AvgIpc) is 2.69. The molecule has 0 spiro atoms. The summed E-state index contributed by atoms with van der Waals surface area (Å²) in [5.41, 5.74) is 0. The second-order valence-corrected chi connectivity index (χ2v) is 8.37. The zero-order chi connectivity index (χ0) is 35.2. The number of hydrogen-bond donors (Lipinski definition) is 0. The van der Waals surface area contributed by atoms with Gasteiger partial charge in [0.05, 0.1) is 7.82 Å². The molecule has 32 heteroatoms. The molecular formula is C12F25Na2O4P. The van der Waals surface area contributed by atoms with Crippen LogP contribution in [0.25, 0.3) is 0 Å². The van der Waals surface area contributed by atoms with Crippen LogP contribution in [0.4, 0.5) is 110 Å². The minimum Gasteiger partial charge on any atom is -0.790 e. The van der Waals surface area contributed by atoms with Crippen LogP contribution in [0.1, 0.15) is 0 Å². The first-order chi connectivity index (χ1) is 17.5. The van der Waals surface area contributed by atoms with E-state index in [0.717, 1.165) is 0 Å². The van der Waals surface area contributed by atoms with E-state index in [2.05, 4.69) is 0 Å². The van der Waals surface area contributed by atoms with Gasteiger partial charge >= 0.3 is 131 Å². The molecule has 4 nitrogen and oxygen atoms in total. The summed E-state index contributed by atoms with van der Waals surface area (Å²) in [6.45, 7) is 0. The Hall–Kier alpha value is 0.360. The van der Waals surface area contributed by atoms with Crippen LogP contribution in [-0.4, -0.2) is 71.5 Å². The Balaban J connectivity index is -0.00000840. The first-order valence-corrected chi connectivity index (χ1v) is 9.87. The van der Waals surface area contributed by atoms with E-state index in [9.17, 15) is 124 Å². The van der Waals surface area contributed by atoms with E-state index in [0.29, 0.717) is 0 Å². The molecule has 0 fully saturated rings. The molecule has 0 aromatic heterocycles. The largest absolute Gasteiger partial charge is 1.00 e. The van der Waals surface area contributed by atoms with E-state index >= 15 is 0 Å². The van der Waals surface area contributed by atoms with Gasteiger partial charge in [0.25, 0.3) is 0 Å². The van der Waals surface area contributed by atoms with Crippen molar-refractivity contribution >= 4 is 7.82 Å². The van der Waals surface area contributed by atoms with Crippen molar-refractivity contribution in [3.63, 3.8) is 0 Å². The molecule has 0 aromatic rings. The summed E-state index contributed by atoms with van der Waals surface area (Å²) in [5.74, 6) is -93.9. The average molecular weight is 760 g/mol. The minimum atomic E-state index is -9.76. The summed E-state index contributed by atoms with van der Waals surface area (Å²) in [6, 6.07) is 0. The maximum absolute atomic E-state index is 13.5. The van der Waals surface area contributed by atoms with E-state index in [1.807, 2.05) is 0 Å². The van der Waals surface area contributed by atoms with Gasteiger partial charge in [-0.3, -0.25) is 4.52 Å². The van der Waals surface area contributed by atoms with Crippen LogP contribution in [0.15, 0.2) is 0 Å². The number of hydrogen-bond acceptors (Lipinski definition) is 4. The monoisotopic (exact) mass is 760 g/mol. The van der Waals surface area contributed by atoms with Gasteiger partial charge in [-0.25, -0.2) is 0 Å². The van der Waals surface area contributed by atoms with Crippen molar-refractivity contribution in [2.75, 3.05) is 0 Å². The van der Waals surface area contributed by atoms with Crippen LogP contribution < -0.4 is 68.9 Å². The van der Waals surface area contributed by atoms with Gasteiger partial charge in [0.2, 0.25) is 0 Å². The molecule has 0 bridgehead atoms. The fourth-order valence-electron chi connectivity index (χ4n) is 2.14. The molecule has 0 rings (SSSR count). The molecule has 0 saturated heterocycles. The van der Waals surface area contributed by atoms with Crippen LogP contribution in [0.3, 0.4) is 0 Å². The van der Waals surface area contributed by atoms with Gasteiger partial charge in [-0.2, -0.15) is 110 Å². The van der Waals surface area contributed by atoms with Gasteiger partial charge in [0, 0.05) is 0 Å². The van der Waals surface area contributed by atoms with Crippen molar-refractivity contribution in [3.05, 3.63) is 0 Å². The Morgan fingerprint density at radius 2 is 0.500 bits per heavy atom. The Bertz CT molecular complexity index is 1060. The van der Waals surface area contributed by atoms with Gasteiger partial charge in [-0.15, -0.1) is 0 Å². The van der Waals surface area contributed by atoms with Crippen LogP contribution >= 0.6 is 7.82 Å². The third-order valence-electron chi connectivity index (χ3n) is 4.50. The smallest absolute Gasteiger partial charge is 0.790 e. The molecule has 0 aliphatic rings. The SMILES string of the molecule is O=P([O-])([O-])OC(F)(F)C(F)(F)C(F)(F)C(F)(F)C(F)(F)C(F)(F)C(F)(F)C(F)(F)C(F)(F)C(F)(F)C(F)(F)C(F)(F)F.[Na+].[Na+]. The van der Waals surface area contributed by atoms with Crippen LogP contribution in [0.2, 0.25) is 0 Å². The van der Waals surface area contributed by atoms with Gasteiger partial charge in [-0.05, 0) is 0 Å². The first-order valence-electron chi connectivity index (χ1n) is 8.41. The van der Waals surface area contributed by atoms with Crippen LogP contribution in [-0.2, 0) is 9.09 Å². The van der Waals surface area contributed by atoms with Gasteiger partial charge in [0.15, 0.2) is 0 Å². The van der Waals surface area contributed by atoms with E-state index in [4.69, 9.17) is 0 Å². The molecular weight excluding hydrogens is 760 g/mol. The number of alkyl halides is 25. The van der Waals surface area contributed by atoms with Crippen LogP contribution in [0.5, 0.6) is 0 Å². The second-order valence-electron chi connectivity index (χ2n) is 7.30. The van der Waals surface area contributed by atoms with Crippen molar-refractivity contribution in [2.24, 2.45) is 0 Å². The molecule has 0 heterocycles. The predicted octanol–water partition coefficient (Wildman–Crippen LogP) is 0.348. The Morgan fingerprint density at radius 1 is 0.341 bits per heavy atom. The topological polar surface area (TPSA) is 72.4 Å². The third kappa shape index (κ3) is 6.53. The molecule has 0 aliphatic carbocycles. The standard InChI is InChI=1S/C12H2F25O4P.2Na/c13-1(14,3(17,18)5(21,22)7(25,26)9(29,30)11(33,34)35)2(15,16)4(19,20)6(23,24)8(27,28)10(31,32)12(36,37)41-42(38,39)40;;/h(H2,38,39,40);;/q;2*+1/p-2. The van der Waals surface area contributed by atoms with Crippen molar-refractivity contribution < 1.29 is 188 Å². The molecule has 0 radical (unpaired) electrons. The normalized spacial score (nSPS) is 16.3. The molecule has 0 aromatic carbocycles. The quantitative estimate of drug-likeness (QED) is 0.164. The Labute approximate surface area is 266 Å². The molecule has 0 aliphatic heterocycles. The van der Waals surface area contributed by atoms with E-state index < -0.39 is 79.3 Å². The summed E-state index contributed by atoms with van der Waals surface area (Å²) in [6.07, 6.45) is -16.3. The fourth-order valence-corrected chi connectivity index (χ4v) is 2.53. The third-order valence-corrected chi connectivity index (χ3v) is 4.95. The summed E-state index contributed by atoms with van der Waals surface area (Å²) in [7, 11) is -7.85. The van der Waals surface area contributed by atoms with Crippen molar-refractivity contribution in [1.29, 1.82) is 0 Å². The number of phosphoric ester groups is 1. The van der Waals surface area contributed by atoms with Crippen molar-refractivity contribution in [1.82, 2.24) is 0 Å². The molecule has 0 N–H and O–H groups in total. The summed E-state index contributed by atoms with van der Waals surface area (Å²) in [5, 5.41) is 0. The molecule has 254 valence electrons. The molecule has 0 unspecified atom stereocenters. The first kappa shape index (κ1) is 48.8. The zero-order valence-electron chi connectivity index (χ0n) is 19.5. The van der Waals surface area contributed by atoms with Gasteiger partial charge in [-0.1, -0.05) is 0 Å². The van der Waals surface area contributed by atoms with Crippen molar-refractivity contribution in [2.45, 2.75) is 71.5 Å². The second kappa shape index (κ2) is 12.4. The number of rotatable bonds is 12. The van der Waals surface area contributed by atoms with Gasteiger partial charge in [0.1, 0.15) is 0 Å². The number of halogens is 25. The summed E-state index contributed by atoms with van der Waals surface area (Å²) in [4.78, 5) is 19.7. The predicted molar refractivity (Wildman–Crippen MR) is 69.2 cm³/mol. The minimum absolute atomic E-state index is 0. The summed E-state index contributed by atoms with van der Waals surface area (Å²) >= 11 is 0. The van der Waals surface area contributed by atoms with E-state index in [-0.39, 0.29) is 59.1 Å². The zero-order valence-corrected chi connectivity index (χ0v) is 24.4. The van der Waals surface area contributed by atoms with E-state index in [1.54, 1.807) is 0 Å². The van der Waals surface area contributed by atoms with Gasteiger partial charge < -0.3 is 14.4 Å². The van der Waals surface area contributed by atoms with Crippen LogP contribution in [0, 0.1) is 0 Å². The number of phosphoric acid groups is 1. The maximum atomic E-state index is 13.5. The molecule has 0 saturated carbocycles. The molecule has 44 heavy (non-hydrogen) atoms. The van der Waals surface area contributed by atoms with Crippen molar-refractivity contribution in [3.8, 4) is 0 Å². The summed E-state index contributed by atoms with van der Waals surface area (Å²) < 4.78 is 339. The molecule has 0 atom stereocenters. The van der Waals surface area contributed by atoms with E-state index in [1.165, 1.54) is 4.52 Å². The Morgan fingerprint density at radius 3 is 0.659 bits per heavy atom. The molecule has 0 amide bonds.